The number of methoxy groups -OCH3 is 1. The lowest BCUT2D eigenvalue weighted by atomic mass is 10.1. The maximum absolute atomic E-state index is 6.00. The fourth-order valence-electron chi connectivity index (χ4n) is 2.62. The van der Waals surface area contributed by atoms with Crippen LogP contribution in [0.5, 0.6) is 5.88 Å². The zero-order chi connectivity index (χ0) is 13.1. The minimum Gasteiger partial charge on any atom is -0.481 e. The first-order chi connectivity index (χ1) is 8.69. The molecule has 1 unspecified atom stereocenters. The second-order valence-corrected chi connectivity index (χ2v) is 5.76. The maximum atomic E-state index is 6.00. The zero-order valence-corrected chi connectivity index (χ0v) is 12.2. The van der Waals surface area contributed by atoms with Gasteiger partial charge < -0.3 is 10.5 Å². The van der Waals surface area contributed by atoms with Gasteiger partial charge in [0.05, 0.1) is 24.4 Å². The molecule has 0 aromatic carbocycles. The summed E-state index contributed by atoms with van der Waals surface area (Å²) < 4.78 is 7.28. The predicted octanol–water partition coefficient (Wildman–Crippen LogP) is 0.786. The quantitative estimate of drug-likeness (QED) is 0.876. The van der Waals surface area contributed by atoms with E-state index in [0.29, 0.717) is 6.54 Å². The molecule has 1 aliphatic rings. The lowest BCUT2D eigenvalue weighted by Gasteiger charge is -2.33. The van der Waals surface area contributed by atoms with Crippen molar-refractivity contribution in [3.05, 3.63) is 11.3 Å². The maximum Gasteiger partial charge on any atom is 0.216 e. The van der Waals surface area contributed by atoms with Crippen molar-refractivity contribution >= 4 is 11.8 Å². The Bertz CT molecular complexity index is 401. The van der Waals surface area contributed by atoms with Crippen molar-refractivity contribution in [1.29, 1.82) is 0 Å². The van der Waals surface area contributed by atoms with E-state index in [1.54, 1.807) is 11.8 Å². The van der Waals surface area contributed by atoms with Crippen molar-refractivity contribution in [2.75, 3.05) is 38.2 Å². The molecule has 2 heterocycles. The van der Waals surface area contributed by atoms with Crippen molar-refractivity contribution < 1.29 is 4.74 Å². The van der Waals surface area contributed by atoms with Crippen LogP contribution in [0.25, 0.3) is 0 Å². The predicted molar refractivity (Wildman–Crippen MR) is 75.2 cm³/mol. The Morgan fingerprint density at radius 2 is 2.11 bits per heavy atom. The lowest BCUT2D eigenvalue weighted by molar-refractivity contribution is 0.217. The first-order valence-corrected chi connectivity index (χ1v) is 7.43. The molecule has 0 saturated carbocycles. The molecule has 102 valence electrons. The van der Waals surface area contributed by atoms with E-state index >= 15 is 0 Å². The number of aromatic nitrogens is 2. The van der Waals surface area contributed by atoms with Gasteiger partial charge in [-0.1, -0.05) is 0 Å². The highest BCUT2D eigenvalue weighted by Gasteiger charge is 2.28. The van der Waals surface area contributed by atoms with Gasteiger partial charge in [0, 0.05) is 38.2 Å². The van der Waals surface area contributed by atoms with Crippen molar-refractivity contribution in [1.82, 2.24) is 14.7 Å². The summed E-state index contributed by atoms with van der Waals surface area (Å²) in [5.41, 5.74) is 8.16. The van der Waals surface area contributed by atoms with Crippen molar-refractivity contribution in [3.63, 3.8) is 0 Å². The second-order valence-electron chi connectivity index (χ2n) is 4.53. The first-order valence-electron chi connectivity index (χ1n) is 6.28. The highest BCUT2D eigenvalue weighted by molar-refractivity contribution is 7.99. The van der Waals surface area contributed by atoms with Crippen LogP contribution in [0.3, 0.4) is 0 Å². The summed E-state index contributed by atoms with van der Waals surface area (Å²) in [6.07, 6.45) is 0. The van der Waals surface area contributed by atoms with Gasteiger partial charge in [-0.2, -0.15) is 16.9 Å². The van der Waals surface area contributed by atoms with Gasteiger partial charge in [0.2, 0.25) is 5.88 Å². The molecule has 1 aromatic rings. The van der Waals surface area contributed by atoms with Crippen LogP contribution in [0.4, 0.5) is 0 Å². The van der Waals surface area contributed by atoms with Crippen molar-refractivity contribution in [2.45, 2.75) is 13.0 Å². The average Bonchev–Trinajstić information content (AvgIpc) is 2.66. The number of ether oxygens (including phenoxy) is 1. The minimum absolute atomic E-state index is 0.217. The number of aryl methyl sites for hydroxylation is 2. The summed E-state index contributed by atoms with van der Waals surface area (Å²) in [6.45, 7) is 4.81. The molecule has 0 bridgehead atoms. The Morgan fingerprint density at radius 3 is 2.67 bits per heavy atom. The van der Waals surface area contributed by atoms with E-state index in [0.717, 1.165) is 30.2 Å². The fourth-order valence-corrected chi connectivity index (χ4v) is 3.55. The van der Waals surface area contributed by atoms with Crippen LogP contribution in [0.15, 0.2) is 0 Å². The molecule has 0 amide bonds. The normalized spacial score (nSPS) is 18.9. The fraction of sp³-hybridized carbons (Fsp3) is 0.750. The third-order valence-corrected chi connectivity index (χ3v) is 4.39. The van der Waals surface area contributed by atoms with Crippen LogP contribution in [-0.2, 0) is 7.05 Å². The number of nitrogens with two attached hydrogens (primary N) is 1. The lowest BCUT2D eigenvalue weighted by Crippen LogP contribution is -2.39. The summed E-state index contributed by atoms with van der Waals surface area (Å²) in [5, 5.41) is 4.45. The molecule has 0 radical (unpaired) electrons. The summed E-state index contributed by atoms with van der Waals surface area (Å²) >= 11 is 2.01. The molecule has 2 rings (SSSR count). The van der Waals surface area contributed by atoms with Crippen LogP contribution in [0.1, 0.15) is 17.3 Å². The van der Waals surface area contributed by atoms with Gasteiger partial charge >= 0.3 is 0 Å². The van der Waals surface area contributed by atoms with Gasteiger partial charge in [-0.05, 0) is 6.92 Å². The van der Waals surface area contributed by atoms with E-state index in [-0.39, 0.29) is 6.04 Å². The smallest absolute Gasteiger partial charge is 0.216 e. The van der Waals surface area contributed by atoms with Crippen molar-refractivity contribution in [2.24, 2.45) is 12.8 Å². The van der Waals surface area contributed by atoms with E-state index in [1.807, 2.05) is 25.7 Å². The van der Waals surface area contributed by atoms with Crippen molar-refractivity contribution in [3.8, 4) is 5.88 Å². The van der Waals surface area contributed by atoms with E-state index in [1.165, 1.54) is 11.5 Å². The molecular weight excluding hydrogens is 248 g/mol. The molecule has 2 N–H and O–H groups in total. The molecule has 0 aliphatic carbocycles. The highest BCUT2D eigenvalue weighted by Crippen LogP contribution is 2.32. The minimum atomic E-state index is 0.217. The molecule has 18 heavy (non-hydrogen) atoms. The van der Waals surface area contributed by atoms with E-state index in [4.69, 9.17) is 10.5 Å². The number of rotatable bonds is 4. The summed E-state index contributed by atoms with van der Waals surface area (Å²) in [6, 6.07) is 0.217. The third kappa shape index (κ3) is 2.50. The van der Waals surface area contributed by atoms with E-state index < -0.39 is 0 Å². The first kappa shape index (κ1) is 13.7. The highest BCUT2D eigenvalue weighted by atomic mass is 32.2. The molecular formula is C12H22N4OS. The van der Waals surface area contributed by atoms with E-state index in [2.05, 4.69) is 10.00 Å². The molecule has 1 fully saturated rings. The van der Waals surface area contributed by atoms with Crippen LogP contribution >= 0.6 is 11.8 Å². The molecule has 5 nitrogen and oxygen atoms in total. The number of thioether (sulfide) groups is 1. The van der Waals surface area contributed by atoms with Gasteiger partial charge in [-0.3, -0.25) is 4.90 Å². The van der Waals surface area contributed by atoms with Gasteiger partial charge in [0.25, 0.3) is 0 Å². The van der Waals surface area contributed by atoms with Crippen LogP contribution in [0.2, 0.25) is 0 Å². The van der Waals surface area contributed by atoms with E-state index in [9.17, 15) is 0 Å². The summed E-state index contributed by atoms with van der Waals surface area (Å²) in [4.78, 5) is 2.45. The monoisotopic (exact) mass is 270 g/mol. The molecule has 6 heteroatoms. The standard InChI is InChI=1S/C12H22N4OS/c1-9-11(12(17-3)15(2)14-9)10(8-13)16-4-6-18-7-5-16/h10H,4-8,13H2,1-3H3. The Balaban J connectivity index is 2.31. The van der Waals surface area contributed by atoms with Gasteiger partial charge in [0.15, 0.2) is 0 Å². The number of hydrogen-bond acceptors (Lipinski definition) is 5. The SMILES string of the molecule is COc1c(C(CN)N2CCSCC2)c(C)nn1C. The molecule has 1 saturated heterocycles. The zero-order valence-electron chi connectivity index (χ0n) is 11.3. The topological polar surface area (TPSA) is 56.3 Å². The largest absolute Gasteiger partial charge is 0.481 e. The molecule has 1 aliphatic heterocycles. The third-order valence-electron chi connectivity index (χ3n) is 3.45. The molecule has 0 spiro atoms. The van der Waals surface area contributed by atoms with Gasteiger partial charge in [0.1, 0.15) is 0 Å². The summed E-state index contributed by atoms with van der Waals surface area (Å²) in [7, 11) is 3.61. The van der Waals surface area contributed by atoms with Crippen LogP contribution in [-0.4, -0.2) is 52.9 Å². The Labute approximate surface area is 113 Å². The summed E-state index contributed by atoms with van der Waals surface area (Å²) in [5.74, 6) is 3.19. The Kier molecular flexibility index (Phi) is 4.53. The average molecular weight is 270 g/mol. The van der Waals surface area contributed by atoms with Gasteiger partial charge in [-0.15, -0.1) is 0 Å². The molecule has 1 aromatic heterocycles. The number of hydrogen-bond donors (Lipinski definition) is 1. The van der Waals surface area contributed by atoms with Crippen LogP contribution in [0, 0.1) is 6.92 Å². The number of nitrogens with zero attached hydrogens (tertiary/aromatic N) is 3. The van der Waals surface area contributed by atoms with Gasteiger partial charge in [-0.25, -0.2) is 4.68 Å². The Morgan fingerprint density at radius 1 is 1.44 bits per heavy atom. The van der Waals surface area contributed by atoms with Crippen LogP contribution < -0.4 is 10.5 Å². The second kappa shape index (κ2) is 5.95. The Hall–Kier alpha value is -0.720. The molecule has 1 atom stereocenters.